The van der Waals surface area contributed by atoms with Crippen molar-refractivity contribution in [1.29, 1.82) is 0 Å². The summed E-state index contributed by atoms with van der Waals surface area (Å²) in [5, 5.41) is 8.84. The second kappa shape index (κ2) is 3.79. The van der Waals surface area contributed by atoms with Gasteiger partial charge in [-0.15, -0.1) is 0 Å². The zero-order chi connectivity index (χ0) is 9.10. The predicted molar refractivity (Wildman–Crippen MR) is 54.7 cm³/mol. The van der Waals surface area contributed by atoms with Crippen LogP contribution in [0.2, 0.25) is 0 Å². The average molecular weight is 176 g/mol. The second-order valence-corrected chi connectivity index (χ2v) is 3.38. The van der Waals surface area contributed by atoms with Gasteiger partial charge in [0.15, 0.2) is 0 Å². The van der Waals surface area contributed by atoms with Gasteiger partial charge in [-0.1, -0.05) is 6.07 Å². The molecule has 1 aliphatic rings. The molecule has 1 aliphatic heterocycles. The van der Waals surface area contributed by atoms with E-state index >= 15 is 0 Å². The van der Waals surface area contributed by atoms with E-state index in [4.69, 9.17) is 5.02 Å². The van der Waals surface area contributed by atoms with E-state index in [1.165, 1.54) is 12.8 Å². The van der Waals surface area contributed by atoms with Gasteiger partial charge in [0.1, 0.15) is 5.82 Å². The van der Waals surface area contributed by atoms with Crippen molar-refractivity contribution < 1.29 is 5.02 Å². The van der Waals surface area contributed by atoms with Crippen molar-refractivity contribution in [3.05, 3.63) is 18.3 Å². The Kier molecular flexibility index (Phi) is 2.50. The first-order valence-corrected chi connectivity index (χ1v) is 4.71. The number of nitrogens with zero attached hydrogens (tertiary/aromatic N) is 2. The van der Waals surface area contributed by atoms with Gasteiger partial charge in [-0.3, -0.25) is 0 Å². The fourth-order valence-corrected chi connectivity index (χ4v) is 1.64. The van der Waals surface area contributed by atoms with Gasteiger partial charge in [-0.05, 0) is 24.4 Å². The maximum Gasteiger partial charge on any atom is 0.306 e. The summed E-state index contributed by atoms with van der Waals surface area (Å²) in [6, 6.07) is 3.91. The zero-order valence-corrected chi connectivity index (χ0v) is 7.61. The monoisotopic (exact) mass is 176 g/mol. The van der Waals surface area contributed by atoms with Crippen LogP contribution in [0.15, 0.2) is 18.3 Å². The Balaban J connectivity index is 2.12. The minimum absolute atomic E-state index is 0.0767. The predicted octanol–water partition coefficient (Wildman–Crippen LogP) is -0.349. The first kappa shape index (κ1) is 8.57. The van der Waals surface area contributed by atoms with Crippen LogP contribution in [-0.4, -0.2) is 30.6 Å². The molecule has 0 radical (unpaired) electrons. The van der Waals surface area contributed by atoms with Crippen LogP contribution in [0.4, 0.5) is 5.82 Å². The van der Waals surface area contributed by atoms with E-state index in [1.807, 2.05) is 12.1 Å². The molecule has 0 aliphatic carbocycles. The molecule has 0 saturated carbocycles. The Bertz CT molecular complexity index is 269. The maximum atomic E-state index is 8.84. The summed E-state index contributed by atoms with van der Waals surface area (Å²) in [6.45, 7) is 2.23. The van der Waals surface area contributed by atoms with Crippen LogP contribution in [0.5, 0.6) is 0 Å². The van der Waals surface area contributed by atoms with Gasteiger partial charge in [0, 0.05) is 19.3 Å². The molecule has 13 heavy (non-hydrogen) atoms. The summed E-state index contributed by atoms with van der Waals surface area (Å²) in [5.41, 5.74) is 0.878. The molecule has 2 heterocycles. The maximum absolute atomic E-state index is 8.84. The number of hydrogen-bond donors (Lipinski definition) is 1. The molecule has 0 aromatic carbocycles. The summed E-state index contributed by atoms with van der Waals surface area (Å²) in [6.07, 6.45) is 4.28. The molecule has 0 spiro atoms. The summed E-state index contributed by atoms with van der Waals surface area (Å²) in [5.74, 6) is 1.04. The van der Waals surface area contributed by atoms with Gasteiger partial charge >= 0.3 is 7.48 Å². The molecule has 0 unspecified atom stereocenters. The highest BCUT2D eigenvalue weighted by atomic mass is 16.2. The van der Waals surface area contributed by atoms with E-state index in [-0.39, 0.29) is 7.48 Å². The highest BCUT2D eigenvalue weighted by Gasteiger charge is 2.12. The Morgan fingerprint density at radius 1 is 1.31 bits per heavy atom. The van der Waals surface area contributed by atoms with Crippen molar-refractivity contribution >= 4 is 18.8 Å². The zero-order valence-electron chi connectivity index (χ0n) is 7.61. The summed E-state index contributed by atoms with van der Waals surface area (Å²) in [7, 11) is 0.0767. The van der Waals surface area contributed by atoms with Crippen LogP contribution >= 0.6 is 0 Å². The normalized spacial score (nSPS) is 16.2. The molecule has 1 saturated heterocycles. The first-order valence-electron chi connectivity index (χ1n) is 4.71. The SMILES string of the molecule is OBc1ccc(N2CCCC2)nc1. The van der Waals surface area contributed by atoms with Crippen LogP contribution in [0.25, 0.3) is 0 Å². The topological polar surface area (TPSA) is 36.4 Å². The van der Waals surface area contributed by atoms with E-state index in [2.05, 4.69) is 9.88 Å². The highest BCUT2D eigenvalue weighted by Crippen LogP contribution is 2.15. The Morgan fingerprint density at radius 3 is 2.62 bits per heavy atom. The molecule has 1 aromatic heterocycles. The molecule has 0 bridgehead atoms. The van der Waals surface area contributed by atoms with Crippen LogP contribution in [0.1, 0.15) is 12.8 Å². The van der Waals surface area contributed by atoms with Crippen molar-refractivity contribution in [3.8, 4) is 0 Å². The van der Waals surface area contributed by atoms with Gasteiger partial charge in [0.25, 0.3) is 0 Å². The quantitative estimate of drug-likeness (QED) is 0.625. The van der Waals surface area contributed by atoms with Crippen LogP contribution in [-0.2, 0) is 0 Å². The second-order valence-electron chi connectivity index (χ2n) is 3.38. The number of pyridine rings is 1. The van der Waals surface area contributed by atoms with Gasteiger partial charge in [-0.2, -0.15) is 0 Å². The van der Waals surface area contributed by atoms with E-state index in [9.17, 15) is 0 Å². The van der Waals surface area contributed by atoms with E-state index in [0.29, 0.717) is 0 Å². The number of aromatic nitrogens is 1. The highest BCUT2D eigenvalue weighted by molar-refractivity contribution is 6.45. The van der Waals surface area contributed by atoms with Crippen molar-refractivity contribution in [2.45, 2.75) is 12.8 Å². The Morgan fingerprint density at radius 2 is 2.08 bits per heavy atom. The van der Waals surface area contributed by atoms with Gasteiger partial charge in [0.2, 0.25) is 0 Å². The molecule has 3 nitrogen and oxygen atoms in total. The first-order chi connectivity index (χ1) is 6.40. The summed E-state index contributed by atoms with van der Waals surface area (Å²) >= 11 is 0. The molecule has 2 rings (SSSR count). The Hall–Kier alpha value is -1.03. The molecular formula is C9H13BN2O. The fourth-order valence-electron chi connectivity index (χ4n) is 1.64. The Labute approximate surface area is 78.7 Å². The van der Waals surface area contributed by atoms with Crippen LogP contribution < -0.4 is 10.4 Å². The van der Waals surface area contributed by atoms with Gasteiger partial charge < -0.3 is 9.92 Å². The van der Waals surface area contributed by atoms with Crippen molar-refractivity contribution in [3.63, 3.8) is 0 Å². The molecule has 0 amide bonds. The smallest absolute Gasteiger partial charge is 0.306 e. The molecule has 0 atom stereocenters. The fraction of sp³-hybridized carbons (Fsp3) is 0.444. The minimum Gasteiger partial charge on any atom is -0.449 e. The van der Waals surface area contributed by atoms with Crippen molar-refractivity contribution in [2.75, 3.05) is 18.0 Å². The lowest BCUT2D eigenvalue weighted by atomic mass is 9.91. The molecular weight excluding hydrogens is 163 g/mol. The number of anilines is 1. The lowest BCUT2D eigenvalue weighted by molar-refractivity contribution is 0.615. The lowest BCUT2D eigenvalue weighted by Crippen LogP contribution is -2.21. The average Bonchev–Trinajstić information content (AvgIpc) is 2.71. The largest absolute Gasteiger partial charge is 0.449 e. The summed E-state index contributed by atoms with van der Waals surface area (Å²) in [4.78, 5) is 6.58. The molecule has 4 heteroatoms. The number of hydrogen-bond acceptors (Lipinski definition) is 3. The third-order valence-corrected chi connectivity index (χ3v) is 2.42. The summed E-state index contributed by atoms with van der Waals surface area (Å²) < 4.78 is 0. The molecule has 1 fully saturated rings. The molecule has 68 valence electrons. The van der Waals surface area contributed by atoms with Gasteiger partial charge in [-0.25, -0.2) is 4.98 Å². The minimum atomic E-state index is 0.0767. The van der Waals surface area contributed by atoms with Crippen LogP contribution in [0.3, 0.4) is 0 Å². The molecule has 1 aromatic rings. The van der Waals surface area contributed by atoms with Crippen LogP contribution in [0, 0.1) is 0 Å². The van der Waals surface area contributed by atoms with Crippen molar-refractivity contribution in [2.24, 2.45) is 0 Å². The third kappa shape index (κ3) is 1.83. The lowest BCUT2D eigenvalue weighted by Gasteiger charge is -2.15. The van der Waals surface area contributed by atoms with Crippen molar-refractivity contribution in [1.82, 2.24) is 4.98 Å². The van der Waals surface area contributed by atoms with E-state index in [1.54, 1.807) is 6.20 Å². The molecule has 1 N–H and O–H groups in total. The standard InChI is InChI=1S/C9H13BN2O/c13-10-8-3-4-9(11-7-8)12-5-1-2-6-12/h3-4,7,10,13H,1-2,5-6H2. The third-order valence-electron chi connectivity index (χ3n) is 2.42. The van der Waals surface area contributed by atoms with Gasteiger partial charge in [0.05, 0.1) is 0 Å². The van der Waals surface area contributed by atoms with E-state index in [0.717, 1.165) is 24.4 Å². The number of rotatable bonds is 2. The van der Waals surface area contributed by atoms with E-state index < -0.39 is 0 Å².